The molecule has 16 heavy (non-hydrogen) atoms. The molecule has 0 saturated carbocycles. The van der Waals surface area contributed by atoms with Gasteiger partial charge in [-0.05, 0) is 18.4 Å². The van der Waals surface area contributed by atoms with E-state index < -0.39 is 0 Å². The summed E-state index contributed by atoms with van der Waals surface area (Å²) in [5, 5.41) is 5.61. The van der Waals surface area contributed by atoms with Crippen LogP contribution < -0.4 is 10.1 Å². The van der Waals surface area contributed by atoms with Gasteiger partial charge in [-0.15, -0.1) is 0 Å². The fourth-order valence-corrected chi connectivity index (χ4v) is 2.03. The van der Waals surface area contributed by atoms with E-state index in [0.29, 0.717) is 0 Å². The largest absolute Gasteiger partial charge is 0.473 e. The third-order valence-electron chi connectivity index (χ3n) is 2.91. The van der Waals surface area contributed by atoms with Crippen molar-refractivity contribution in [3.8, 4) is 5.88 Å². The fraction of sp³-hybridized carbons (Fsp3) is 0.308. The monoisotopic (exact) mass is 214 g/mol. The van der Waals surface area contributed by atoms with Crippen molar-refractivity contribution in [1.82, 2.24) is 10.3 Å². The molecule has 1 atom stereocenters. The Morgan fingerprint density at radius 2 is 2.12 bits per heavy atom. The molecule has 0 unspecified atom stereocenters. The molecule has 0 spiro atoms. The number of aromatic nitrogens is 1. The Morgan fingerprint density at radius 1 is 1.25 bits per heavy atom. The fourth-order valence-electron chi connectivity index (χ4n) is 2.03. The predicted octanol–water partition coefficient (Wildman–Crippen LogP) is 1.98. The van der Waals surface area contributed by atoms with Gasteiger partial charge in [0, 0.05) is 24.2 Å². The van der Waals surface area contributed by atoms with Crippen LogP contribution in [-0.4, -0.2) is 24.2 Å². The first-order valence-electron chi connectivity index (χ1n) is 5.64. The van der Waals surface area contributed by atoms with Gasteiger partial charge in [0.15, 0.2) is 0 Å². The van der Waals surface area contributed by atoms with Gasteiger partial charge in [0.25, 0.3) is 0 Å². The maximum absolute atomic E-state index is 5.81. The quantitative estimate of drug-likeness (QED) is 0.830. The molecule has 3 heteroatoms. The summed E-state index contributed by atoms with van der Waals surface area (Å²) >= 11 is 0. The Bertz CT molecular complexity index is 492. The van der Waals surface area contributed by atoms with Gasteiger partial charge >= 0.3 is 0 Å². The number of hydrogen-bond donors (Lipinski definition) is 1. The molecule has 1 aromatic carbocycles. The summed E-state index contributed by atoms with van der Waals surface area (Å²) in [5.74, 6) is 0.729. The summed E-state index contributed by atoms with van der Waals surface area (Å²) in [4.78, 5) is 4.32. The van der Waals surface area contributed by atoms with E-state index in [1.807, 2.05) is 24.4 Å². The Morgan fingerprint density at radius 3 is 2.94 bits per heavy atom. The molecule has 3 nitrogen and oxygen atoms in total. The molecule has 1 fully saturated rings. The number of fused-ring (bicyclic) bond motifs is 1. The van der Waals surface area contributed by atoms with Crippen molar-refractivity contribution in [2.45, 2.75) is 12.5 Å². The Balaban J connectivity index is 1.86. The summed E-state index contributed by atoms with van der Waals surface area (Å²) < 4.78 is 5.81. The Kier molecular flexibility index (Phi) is 2.46. The van der Waals surface area contributed by atoms with Crippen LogP contribution in [0, 0.1) is 0 Å². The summed E-state index contributed by atoms with van der Waals surface area (Å²) in [6, 6.07) is 10.2. The van der Waals surface area contributed by atoms with E-state index in [4.69, 9.17) is 4.74 Å². The zero-order chi connectivity index (χ0) is 10.8. The SMILES string of the molecule is c1ccc2cc(O[C@@H]3CCNC3)ncc2c1. The van der Waals surface area contributed by atoms with E-state index in [1.165, 1.54) is 5.39 Å². The van der Waals surface area contributed by atoms with Crippen LogP contribution >= 0.6 is 0 Å². The summed E-state index contributed by atoms with van der Waals surface area (Å²) in [7, 11) is 0. The second kappa shape index (κ2) is 4.10. The zero-order valence-corrected chi connectivity index (χ0v) is 9.02. The van der Waals surface area contributed by atoms with Gasteiger partial charge in [-0.2, -0.15) is 0 Å². The minimum absolute atomic E-state index is 0.272. The number of benzene rings is 1. The molecule has 0 radical (unpaired) electrons. The van der Waals surface area contributed by atoms with Crippen LogP contribution in [0.25, 0.3) is 10.8 Å². The van der Waals surface area contributed by atoms with Crippen LogP contribution in [0.4, 0.5) is 0 Å². The van der Waals surface area contributed by atoms with Crippen molar-refractivity contribution >= 4 is 10.8 Å². The van der Waals surface area contributed by atoms with Gasteiger partial charge in [-0.25, -0.2) is 4.98 Å². The molecule has 1 aromatic heterocycles. The molecule has 2 heterocycles. The molecule has 2 aromatic rings. The second-order valence-electron chi connectivity index (χ2n) is 4.10. The first kappa shape index (κ1) is 9.60. The van der Waals surface area contributed by atoms with Crippen LogP contribution in [0.2, 0.25) is 0 Å². The number of nitrogens with zero attached hydrogens (tertiary/aromatic N) is 1. The van der Waals surface area contributed by atoms with Gasteiger partial charge in [0.05, 0.1) is 0 Å². The Hall–Kier alpha value is -1.61. The molecule has 1 aliphatic heterocycles. The lowest BCUT2D eigenvalue weighted by molar-refractivity contribution is 0.214. The van der Waals surface area contributed by atoms with Crippen molar-refractivity contribution in [2.75, 3.05) is 13.1 Å². The van der Waals surface area contributed by atoms with Crippen molar-refractivity contribution < 1.29 is 4.74 Å². The first-order valence-corrected chi connectivity index (χ1v) is 5.64. The number of ether oxygens (including phenoxy) is 1. The topological polar surface area (TPSA) is 34.1 Å². The van der Waals surface area contributed by atoms with Crippen LogP contribution in [-0.2, 0) is 0 Å². The van der Waals surface area contributed by atoms with Crippen LogP contribution in [0.5, 0.6) is 5.88 Å². The molecule has 82 valence electrons. The highest BCUT2D eigenvalue weighted by atomic mass is 16.5. The summed E-state index contributed by atoms with van der Waals surface area (Å²) in [5.41, 5.74) is 0. The van der Waals surface area contributed by atoms with Crippen molar-refractivity contribution in [2.24, 2.45) is 0 Å². The molecule has 0 aliphatic carbocycles. The minimum Gasteiger partial charge on any atom is -0.473 e. The molecule has 1 saturated heterocycles. The van der Waals surface area contributed by atoms with Gasteiger partial charge in [0.2, 0.25) is 5.88 Å². The lowest BCUT2D eigenvalue weighted by Crippen LogP contribution is -2.19. The smallest absolute Gasteiger partial charge is 0.214 e. The molecular formula is C13H14N2O. The van der Waals surface area contributed by atoms with Crippen LogP contribution in [0.3, 0.4) is 0 Å². The molecule has 1 aliphatic rings. The average Bonchev–Trinajstić information content (AvgIpc) is 2.82. The Labute approximate surface area is 94.5 Å². The molecule has 3 rings (SSSR count). The maximum atomic E-state index is 5.81. The summed E-state index contributed by atoms with van der Waals surface area (Å²) in [6.07, 6.45) is 3.20. The van der Waals surface area contributed by atoms with Gasteiger partial charge in [-0.3, -0.25) is 0 Å². The second-order valence-corrected chi connectivity index (χ2v) is 4.10. The highest BCUT2D eigenvalue weighted by molar-refractivity contribution is 5.82. The highest BCUT2D eigenvalue weighted by Gasteiger charge is 2.16. The van der Waals surface area contributed by atoms with Crippen LogP contribution in [0.15, 0.2) is 36.5 Å². The van der Waals surface area contributed by atoms with E-state index in [-0.39, 0.29) is 6.10 Å². The zero-order valence-electron chi connectivity index (χ0n) is 9.02. The van der Waals surface area contributed by atoms with Crippen molar-refractivity contribution in [1.29, 1.82) is 0 Å². The lowest BCUT2D eigenvalue weighted by Gasteiger charge is -2.11. The number of hydrogen-bond acceptors (Lipinski definition) is 3. The van der Waals surface area contributed by atoms with Crippen molar-refractivity contribution in [3.05, 3.63) is 36.5 Å². The average molecular weight is 214 g/mol. The van der Waals surface area contributed by atoms with Gasteiger partial charge in [-0.1, -0.05) is 24.3 Å². The van der Waals surface area contributed by atoms with E-state index >= 15 is 0 Å². The molecular weight excluding hydrogens is 200 g/mol. The van der Waals surface area contributed by atoms with Gasteiger partial charge < -0.3 is 10.1 Å². The van der Waals surface area contributed by atoms with Crippen molar-refractivity contribution in [3.63, 3.8) is 0 Å². The maximum Gasteiger partial charge on any atom is 0.214 e. The number of nitrogens with one attached hydrogen (secondary N) is 1. The molecule has 0 bridgehead atoms. The predicted molar refractivity (Wildman–Crippen MR) is 63.6 cm³/mol. The third-order valence-corrected chi connectivity index (χ3v) is 2.91. The lowest BCUT2D eigenvalue weighted by atomic mass is 10.2. The minimum atomic E-state index is 0.272. The highest BCUT2D eigenvalue weighted by Crippen LogP contribution is 2.19. The number of rotatable bonds is 2. The first-order chi connectivity index (χ1) is 7.92. The van der Waals surface area contributed by atoms with E-state index in [1.54, 1.807) is 0 Å². The normalized spacial score (nSPS) is 20.1. The third kappa shape index (κ3) is 1.86. The van der Waals surface area contributed by atoms with E-state index in [9.17, 15) is 0 Å². The van der Waals surface area contributed by atoms with Crippen LogP contribution in [0.1, 0.15) is 6.42 Å². The molecule has 1 N–H and O–H groups in total. The van der Waals surface area contributed by atoms with E-state index in [2.05, 4.69) is 22.4 Å². The summed E-state index contributed by atoms with van der Waals surface area (Å²) in [6.45, 7) is 1.97. The standard InChI is InChI=1S/C13H14N2O/c1-2-4-11-8-15-13(7-10(11)3-1)16-12-5-6-14-9-12/h1-4,7-8,12,14H,5-6,9H2/t12-/m1/s1. The van der Waals surface area contributed by atoms with Gasteiger partial charge in [0.1, 0.15) is 6.10 Å². The van der Waals surface area contributed by atoms with E-state index in [0.717, 1.165) is 30.8 Å². The molecule has 0 amide bonds. The number of pyridine rings is 1.